The molecule has 4 amide bonds. The molecule has 0 spiro atoms. The number of aliphatic hydroxyl groups is 29. The third kappa shape index (κ3) is 23.6. The van der Waals surface area contributed by atoms with E-state index in [2.05, 4.69) is 21.3 Å². The molecule has 0 unspecified atom stereocenters. The molecule has 11 aliphatic rings. The molecule has 11 heterocycles. The summed E-state index contributed by atoms with van der Waals surface area (Å²) in [5.41, 5.74) is 0. The monoisotopic (exact) mass is 1920 g/mol. The van der Waals surface area contributed by atoms with Crippen molar-refractivity contribution in [2.75, 3.05) is 66.1 Å². The fourth-order valence-corrected chi connectivity index (χ4v) is 17.0. The standard InChI is InChI=1S/C73H122N4O54/c1-16-35(91)45(101)51(107)68(113-16)127-58-32(75-18(3)87)63(110)114-29(13-85)55(58)124-64-31(74-17(2)86)44(100)54(28(12-84)121-64)123-73-62(131-67-50(106)36(92)21(90)14-111-67)59(128-72-61(49(105)40(96)25(9-81)120-72)130-66-34(77-20(5)89)57(42(98)27(11-83)116-66)126-70-53(109)47(103)38(94)23(7-79)118-70)43(99)30(122-73)15-112-71-60(48(104)39(95)24(8-80)119-71)129-65-33(76-19(4)88)56(41(97)26(10-82)115-65)125-69-52(108)46(102)37(93)22(6-78)117-69/h16,21-73,78-85,90-110H,6-15H2,1-5H3,(H,74,86)(H,75,87)(H,76,88)(H,77,89)/t16-,21+,22+,23+,24+,25+,26+,27+,28+,29+,30+,31+,32+,33+,34+,35+,36-,37-,38-,39+,40+,41+,42+,43+,44+,45+,46-,47-,48-,49-,50+,51-,52+,53+,54+,55+,56+,57+,58+,59-,60-,61-,62-,63+,64-,65-,66-,67-,68+,69-,70-,71-,72+,73-/m0/s1. The molecule has 0 aromatic heterocycles. The highest BCUT2D eigenvalue weighted by atomic mass is 16.8. The van der Waals surface area contributed by atoms with Gasteiger partial charge < -0.3 is 269 Å². The van der Waals surface area contributed by atoms with Crippen molar-refractivity contribution >= 4 is 23.6 Å². The van der Waals surface area contributed by atoms with Crippen molar-refractivity contribution in [1.82, 2.24) is 21.3 Å². The third-order valence-corrected chi connectivity index (χ3v) is 24.2. The Hall–Kier alpha value is -4.12. The van der Waals surface area contributed by atoms with E-state index in [0.29, 0.717) is 0 Å². The summed E-state index contributed by atoms with van der Waals surface area (Å²) >= 11 is 0. The predicted octanol–water partition coefficient (Wildman–Crippen LogP) is -22.7. The van der Waals surface area contributed by atoms with Gasteiger partial charge in [0, 0.05) is 27.7 Å². The van der Waals surface area contributed by atoms with E-state index in [1.165, 1.54) is 6.92 Å². The van der Waals surface area contributed by atoms with Crippen LogP contribution in [-0.2, 0) is 119 Å². The van der Waals surface area contributed by atoms with Gasteiger partial charge in [-0.15, -0.1) is 0 Å². The maximum atomic E-state index is 13.6. The van der Waals surface area contributed by atoms with Gasteiger partial charge in [-0.05, 0) is 6.92 Å². The molecule has 0 aromatic carbocycles. The van der Waals surface area contributed by atoms with E-state index in [4.69, 9.17) is 99.5 Å². The molecule has 54 atom stereocenters. The van der Waals surface area contributed by atoms with Crippen LogP contribution in [0.15, 0.2) is 0 Å². The lowest BCUT2D eigenvalue weighted by atomic mass is 9.93. The molecule has 0 aliphatic carbocycles. The van der Waals surface area contributed by atoms with Crippen LogP contribution in [0.3, 0.4) is 0 Å². The summed E-state index contributed by atoms with van der Waals surface area (Å²) in [7, 11) is 0. The molecule has 0 saturated carbocycles. The minimum atomic E-state index is -2.67. The van der Waals surface area contributed by atoms with Crippen LogP contribution >= 0.6 is 0 Å². The van der Waals surface area contributed by atoms with Crippen LogP contribution in [0, 0.1) is 0 Å². The number of carbonyl (C=O) groups excluding carboxylic acids is 4. The second-order valence-electron chi connectivity index (χ2n) is 33.3. The second-order valence-corrected chi connectivity index (χ2v) is 33.3. The van der Waals surface area contributed by atoms with Crippen molar-refractivity contribution in [2.45, 2.75) is 366 Å². The van der Waals surface area contributed by atoms with Gasteiger partial charge in [0.05, 0.1) is 72.2 Å². The Morgan fingerprint density at radius 3 is 1.02 bits per heavy atom. The molecule has 0 radical (unpaired) electrons. The van der Waals surface area contributed by atoms with Crippen molar-refractivity contribution < 1.29 is 267 Å². The minimum absolute atomic E-state index is 0.887. The molecule has 131 heavy (non-hydrogen) atoms. The number of ether oxygens (including phenoxy) is 21. The van der Waals surface area contributed by atoms with Crippen LogP contribution in [0.2, 0.25) is 0 Å². The van der Waals surface area contributed by atoms with Crippen LogP contribution in [0.1, 0.15) is 34.6 Å². The zero-order valence-corrected chi connectivity index (χ0v) is 70.4. The number of nitrogens with one attached hydrogen (secondary N) is 4. The summed E-state index contributed by atoms with van der Waals surface area (Å²) in [5.74, 6) is -3.97. The van der Waals surface area contributed by atoms with Crippen molar-refractivity contribution in [3.63, 3.8) is 0 Å². The first-order valence-corrected chi connectivity index (χ1v) is 41.9. The molecular weight excluding hydrogens is 1800 g/mol. The van der Waals surface area contributed by atoms with Crippen LogP contribution in [0.4, 0.5) is 0 Å². The Balaban J connectivity index is 1.01. The maximum absolute atomic E-state index is 13.6. The van der Waals surface area contributed by atoms with Crippen LogP contribution in [0.5, 0.6) is 0 Å². The molecule has 11 saturated heterocycles. The van der Waals surface area contributed by atoms with Gasteiger partial charge in [0.1, 0.15) is 256 Å². The summed E-state index contributed by atoms with van der Waals surface area (Å²) in [6, 6.07) is -7.98. The van der Waals surface area contributed by atoms with E-state index in [0.717, 1.165) is 27.7 Å². The van der Waals surface area contributed by atoms with Gasteiger partial charge >= 0.3 is 0 Å². The van der Waals surface area contributed by atoms with Crippen molar-refractivity contribution in [3.8, 4) is 0 Å². The Bertz CT molecular complexity index is 3570. The van der Waals surface area contributed by atoms with Gasteiger partial charge in [-0.1, -0.05) is 0 Å². The lowest BCUT2D eigenvalue weighted by Gasteiger charge is -2.52. The average molecular weight is 1920 g/mol. The normalized spacial score (nSPS) is 50.1. The number of aliphatic hydroxyl groups excluding tert-OH is 29. The van der Waals surface area contributed by atoms with Crippen LogP contribution in [-0.4, -0.2) is 569 Å². The summed E-state index contributed by atoms with van der Waals surface area (Å²) in [6.45, 7) is -6.76. The SMILES string of the molecule is CC(=O)N[C@@H]1[C@@H](O[C@H]2O[C@@H](C)[C@@H](O)[C@@H](O)[C@@H]2O)[C@H](O[C@@H]2O[C@H](CO)[C@@H](O[C@@H]3O[C@H](CO[C@H]4O[C@H](CO)[C@@H](O)[C@H](O)[C@@H]4O[C@@H]4O[C@H](CO)[C@@H](O)[C@H](O[C@@H]5O[C@H](CO)[C@H](O)[C@H](O)[C@H]5O)[C@H]4NC(C)=O)[C@@H](O)[C@H](O[C@H]4O[C@H](CO)[C@@H](O)[C@H](O)[C@@H]4O[C@@H]4O[C@H](CO)[C@@H](O)[C@H](O[C@@H]5O[C@H](CO)[C@H](O)[C@H](O)[C@H]5O)[C@H]4NC(C)=O)[C@@H]3O[C@@H]3OC[C@@H](O)[C@H](O)[C@H]3O)[C@H](O)[C@H]2NC(C)=O)[C@@H](CO)O[C@H]1O. The highest BCUT2D eigenvalue weighted by Crippen LogP contribution is 2.43. The van der Waals surface area contributed by atoms with Gasteiger partial charge in [0.2, 0.25) is 23.6 Å². The second kappa shape index (κ2) is 46.8. The number of hydrogen-bond acceptors (Lipinski definition) is 54. The number of amides is 4. The van der Waals surface area contributed by atoms with Crippen LogP contribution in [0.25, 0.3) is 0 Å². The topological polar surface area (TPSA) is 897 Å². The lowest BCUT2D eigenvalue weighted by Crippen LogP contribution is -2.72. The van der Waals surface area contributed by atoms with Gasteiger partial charge in [0.15, 0.2) is 69.2 Å². The Labute approximate surface area is 741 Å². The molecule has 0 bridgehead atoms. The zero-order valence-electron chi connectivity index (χ0n) is 70.4. The molecule has 58 nitrogen and oxygen atoms in total. The van der Waals surface area contributed by atoms with Gasteiger partial charge in [-0.3, -0.25) is 19.2 Å². The van der Waals surface area contributed by atoms with Crippen molar-refractivity contribution in [3.05, 3.63) is 0 Å². The van der Waals surface area contributed by atoms with Crippen LogP contribution < -0.4 is 21.3 Å². The van der Waals surface area contributed by atoms with E-state index in [-0.39, 0.29) is 0 Å². The first-order chi connectivity index (χ1) is 62.0. The van der Waals surface area contributed by atoms with E-state index < -0.39 is 421 Å². The highest BCUT2D eigenvalue weighted by molar-refractivity contribution is 5.74. The fourth-order valence-electron chi connectivity index (χ4n) is 17.0. The van der Waals surface area contributed by atoms with Gasteiger partial charge in [0.25, 0.3) is 0 Å². The van der Waals surface area contributed by atoms with Crippen molar-refractivity contribution in [2.24, 2.45) is 0 Å². The van der Waals surface area contributed by atoms with E-state index in [1.54, 1.807) is 0 Å². The number of carbonyl (C=O) groups is 4. The fraction of sp³-hybridized carbons (Fsp3) is 0.945. The lowest BCUT2D eigenvalue weighted by molar-refractivity contribution is -0.413. The largest absolute Gasteiger partial charge is 0.394 e. The van der Waals surface area contributed by atoms with Gasteiger partial charge in [-0.25, -0.2) is 0 Å². The molecule has 11 aliphatic heterocycles. The molecular formula is C73H122N4O54. The predicted molar refractivity (Wildman–Crippen MR) is 401 cm³/mol. The van der Waals surface area contributed by atoms with Gasteiger partial charge in [-0.2, -0.15) is 0 Å². The quantitative estimate of drug-likeness (QED) is 0.0290. The molecule has 58 heteroatoms. The van der Waals surface area contributed by atoms with E-state index in [1.807, 2.05) is 0 Å². The first-order valence-electron chi connectivity index (χ1n) is 41.9. The first kappa shape index (κ1) is 107. The minimum Gasteiger partial charge on any atom is -0.394 e. The van der Waals surface area contributed by atoms with Crippen molar-refractivity contribution in [1.29, 1.82) is 0 Å². The summed E-state index contributed by atoms with van der Waals surface area (Å²) in [6.07, 6.45) is -109. The summed E-state index contributed by atoms with van der Waals surface area (Å²) in [4.78, 5) is 53.0. The number of rotatable bonds is 33. The maximum Gasteiger partial charge on any atom is 0.217 e. The molecule has 11 rings (SSSR count). The molecule has 11 fully saturated rings. The Kier molecular flexibility index (Phi) is 38.3. The zero-order chi connectivity index (χ0) is 96.2. The summed E-state index contributed by atoms with van der Waals surface area (Å²) in [5, 5.41) is 336. The average Bonchev–Trinajstić information content (AvgIpc) is 0.759. The summed E-state index contributed by atoms with van der Waals surface area (Å²) < 4.78 is 128. The molecule has 0 aromatic rings. The van der Waals surface area contributed by atoms with E-state index in [9.17, 15) is 167 Å². The Morgan fingerprint density at radius 1 is 0.244 bits per heavy atom. The molecule has 33 N–H and O–H groups in total. The number of hydrogen-bond donors (Lipinski definition) is 33. The Morgan fingerprint density at radius 2 is 0.550 bits per heavy atom. The highest BCUT2D eigenvalue weighted by Gasteiger charge is 2.63. The molecule has 758 valence electrons. The smallest absolute Gasteiger partial charge is 0.217 e. The van der Waals surface area contributed by atoms with E-state index >= 15 is 0 Å². The third-order valence-electron chi connectivity index (χ3n) is 24.2.